The van der Waals surface area contributed by atoms with E-state index < -0.39 is 0 Å². The van der Waals surface area contributed by atoms with E-state index in [1.54, 1.807) is 0 Å². The van der Waals surface area contributed by atoms with Gasteiger partial charge in [0.15, 0.2) is 0 Å². The van der Waals surface area contributed by atoms with Gasteiger partial charge < -0.3 is 15.2 Å². The molecule has 0 spiro atoms. The SMILES string of the molecule is CCCC(CCO)CNC1CCCC(OC)C1. The van der Waals surface area contributed by atoms with E-state index >= 15 is 0 Å². The fourth-order valence-electron chi connectivity index (χ4n) is 2.82. The van der Waals surface area contributed by atoms with Crippen LogP contribution in [0.1, 0.15) is 51.9 Å². The summed E-state index contributed by atoms with van der Waals surface area (Å²) >= 11 is 0. The molecule has 0 aromatic rings. The maximum absolute atomic E-state index is 9.03. The zero-order valence-electron chi connectivity index (χ0n) is 11.5. The normalized spacial score (nSPS) is 27.0. The molecule has 0 amide bonds. The molecule has 3 heteroatoms. The molecular weight excluding hydrogens is 214 g/mol. The van der Waals surface area contributed by atoms with Gasteiger partial charge in [0.25, 0.3) is 0 Å². The van der Waals surface area contributed by atoms with Crippen LogP contribution in [0.2, 0.25) is 0 Å². The third kappa shape index (κ3) is 5.84. The first kappa shape index (κ1) is 14.9. The predicted octanol–water partition coefficient (Wildman–Crippen LogP) is 2.33. The van der Waals surface area contributed by atoms with Gasteiger partial charge in [-0.05, 0) is 51.0 Å². The Kier molecular flexibility index (Phi) is 7.82. The molecule has 3 atom stereocenters. The molecule has 0 aromatic heterocycles. The molecule has 1 aliphatic carbocycles. The summed E-state index contributed by atoms with van der Waals surface area (Å²) in [7, 11) is 1.82. The molecule has 1 saturated carbocycles. The van der Waals surface area contributed by atoms with Gasteiger partial charge >= 0.3 is 0 Å². The fraction of sp³-hybridized carbons (Fsp3) is 1.00. The number of aliphatic hydroxyl groups is 1. The van der Waals surface area contributed by atoms with Crippen LogP contribution in [0.4, 0.5) is 0 Å². The highest BCUT2D eigenvalue weighted by Gasteiger charge is 2.21. The summed E-state index contributed by atoms with van der Waals surface area (Å²) in [5.74, 6) is 0.632. The van der Waals surface area contributed by atoms with E-state index in [1.807, 2.05) is 7.11 Å². The van der Waals surface area contributed by atoms with E-state index in [0.717, 1.165) is 19.4 Å². The standard InChI is InChI=1S/C14H29NO2/c1-3-5-12(8-9-16)11-15-13-6-4-7-14(10-13)17-2/h12-16H,3-11H2,1-2H3. The Balaban J connectivity index is 2.22. The van der Waals surface area contributed by atoms with Gasteiger partial charge in [-0.1, -0.05) is 13.3 Å². The number of methoxy groups -OCH3 is 1. The lowest BCUT2D eigenvalue weighted by molar-refractivity contribution is 0.0579. The molecule has 1 rings (SSSR count). The second-order valence-corrected chi connectivity index (χ2v) is 5.30. The van der Waals surface area contributed by atoms with Gasteiger partial charge in [0, 0.05) is 19.8 Å². The van der Waals surface area contributed by atoms with Crippen molar-refractivity contribution in [1.29, 1.82) is 0 Å². The summed E-state index contributed by atoms with van der Waals surface area (Å²) in [6, 6.07) is 0.617. The van der Waals surface area contributed by atoms with Gasteiger partial charge in [-0.25, -0.2) is 0 Å². The number of aliphatic hydroxyl groups excluding tert-OH is 1. The topological polar surface area (TPSA) is 41.5 Å². The first-order valence-electron chi connectivity index (χ1n) is 7.17. The van der Waals surface area contributed by atoms with Gasteiger partial charge in [-0.15, -0.1) is 0 Å². The molecular formula is C14H29NO2. The molecule has 0 bridgehead atoms. The van der Waals surface area contributed by atoms with Crippen LogP contribution in [0, 0.1) is 5.92 Å². The average Bonchev–Trinajstić information content (AvgIpc) is 2.37. The third-order valence-corrected chi connectivity index (χ3v) is 3.89. The highest BCUT2D eigenvalue weighted by Crippen LogP contribution is 2.21. The number of nitrogens with one attached hydrogen (secondary N) is 1. The maximum Gasteiger partial charge on any atom is 0.0586 e. The van der Waals surface area contributed by atoms with Gasteiger partial charge in [-0.2, -0.15) is 0 Å². The zero-order valence-corrected chi connectivity index (χ0v) is 11.5. The van der Waals surface area contributed by atoms with Crippen molar-refractivity contribution in [3.05, 3.63) is 0 Å². The van der Waals surface area contributed by atoms with Crippen molar-refractivity contribution in [2.45, 2.75) is 64.0 Å². The van der Waals surface area contributed by atoms with E-state index in [-0.39, 0.29) is 0 Å². The van der Waals surface area contributed by atoms with E-state index in [2.05, 4.69) is 12.2 Å². The highest BCUT2D eigenvalue weighted by atomic mass is 16.5. The van der Waals surface area contributed by atoms with Crippen molar-refractivity contribution < 1.29 is 9.84 Å². The van der Waals surface area contributed by atoms with Crippen molar-refractivity contribution in [2.24, 2.45) is 5.92 Å². The fourth-order valence-corrected chi connectivity index (χ4v) is 2.82. The summed E-state index contributed by atoms with van der Waals surface area (Å²) in [6.45, 7) is 3.58. The molecule has 17 heavy (non-hydrogen) atoms. The predicted molar refractivity (Wildman–Crippen MR) is 71.2 cm³/mol. The monoisotopic (exact) mass is 243 g/mol. The van der Waals surface area contributed by atoms with Crippen LogP contribution in [0.25, 0.3) is 0 Å². The summed E-state index contributed by atoms with van der Waals surface area (Å²) in [5.41, 5.74) is 0. The third-order valence-electron chi connectivity index (χ3n) is 3.89. The molecule has 102 valence electrons. The van der Waals surface area contributed by atoms with Crippen molar-refractivity contribution >= 4 is 0 Å². The molecule has 1 aliphatic rings. The average molecular weight is 243 g/mol. The van der Waals surface area contributed by atoms with Gasteiger partial charge in [0.1, 0.15) is 0 Å². The van der Waals surface area contributed by atoms with Crippen LogP contribution >= 0.6 is 0 Å². The lowest BCUT2D eigenvalue weighted by atomic mass is 9.92. The van der Waals surface area contributed by atoms with Crippen molar-refractivity contribution in [3.8, 4) is 0 Å². The lowest BCUT2D eigenvalue weighted by Crippen LogP contribution is -2.39. The maximum atomic E-state index is 9.03. The van der Waals surface area contributed by atoms with Crippen LogP contribution in [-0.4, -0.2) is 37.5 Å². The van der Waals surface area contributed by atoms with E-state index in [1.165, 1.54) is 32.1 Å². The summed E-state index contributed by atoms with van der Waals surface area (Å²) in [4.78, 5) is 0. The van der Waals surface area contributed by atoms with E-state index in [0.29, 0.717) is 24.7 Å². The van der Waals surface area contributed by atoms with Crippen LogP contribution in [-0.2, 0) is 4.74 Å². The first-order chi connectivity index (χ1) is 8.30. The molecule has 0 radical (unpaired) electrons. The van der Waals surface area contributed by atoms with E-state index in [4.69, 9.17) is 9.84 Å². The van der Waals surface area contributed by atoms with Crippen LogP contribution in [0.15, 0.2) is 0 Å². The smallest absolute Gasteiger partial charge is 0.0586 e. The van der Waals surface area contributed by atoms with Gasteiger partial charge in [0.2, 0.25) is 0 Å². The number of rotatable bonds is 8. The second kappa shape index (κ2) is 8.90. The molecule has 0 aliphatic heterocycles. The van der Waals surface area contributed by atoms with Gasteiger partial charge in [0.05, 0.1) is 6.10 Å². The Labute approximate surface area is 106 Å². The summed E-state index contributed by atoms with van der Waals surface area (Å²) in [5, 5.41) is 12.7. The largest absolute Gasteiger partial charge is 0.396 e. The minimum absolute atomic E-state index is 0.317. The van der Waals surface area contributed by atoms with E-state index in [9.17, 15) is 0 Å². The van der Waals surface area contributed by atoms with Crippen LogP contribution in [0.5, 0.6) is 0 Å². The quantitative estimate of drug-likeness (QED) is 0.687. The minimum atomic E-state index is 0.317. The van der Waals surface area contributed by atoms with Crippen LogP contribution in [0.3, 0.4) is 0 Å². The molecule has 0 saturated heterocycles. The molecule has 0 aromatic carbocycles. The Morgan fingerprint density at radius 1 is 1.35 bits per heavy atom. The summed E-state index contributed by atoms with van der Waals surface area (Å²) < 4.78 is 5.44. The Morgan fingerprint density at radius 3 is 2.82 bits per heavy atom. The second-order valence-electron chi connectivity index (χ2n) is 5.30. The highest BCUT2D eigenvalue weighted by molar-refractivity contribution is 4.79. The molecule has 3 nitrogen and oxygen atoms in total. The van der Waals surface area contributed by atoms with Crippen LogP contribution < -0.4 is 5.32 Å². The van der Waals surface area contributed by atoms with Crippen molar-refractivity contribution in [2.75, 3.05) is 20.3 Å². The summed E-state index contributed by atoms with van der Waals surface area (Å²) in [6.07, 6.45) is 8.71. The van der Waals surface area contributed by atoms with Crippen molar-refractivity contribution in [3.63, 3.8) is 0 Å². The zero-order chi connectivity index (χ0) is 12.5. The molecule has 3 unspecified atom stereocenters. The minimum Gasteiger partial charge on any atom is -0.396 e. The number of ether oxygens (including phenoxy) is 1. The number of hydrogen-bond donors (Lipinski definition) is 2. The molecule has 2 N–H and O–H groups in total. The Morgan fingerprint density at radius 2 is 2.18 bits per heavy atom. The number of hydrogen-bond acceptors (Lipinski definition) is 3. The Hall–Kier alpha value is -0.120. The molecule has 1 fully saturated rings. The first-order valence-corrected chi connectivity index (χ1v) is 7.17. The lowest BCUT2D eigenvalue weighted by Gasteiger charge is -2.30. The van der Waals surface area contributed by atoms with Crippen molar-refractivity contribution in [1.82, 2.24) is 5.32 Å². The Bertz CT molecular complexity index is 181. The molecule has 0 heterocycles. The van der Waals surface area contributed by atoms with Gasteiger partial charge in [-0.3, -0.25) is 0 Å².